The monoisotopic (exact) mass is 214 g/mol. The summed E-state index contributed by atoms with van der Waals surface area (Å²) in [7, 11) is 0. The number of carbonyl (C=O) groups excluding carboxylic acids is 1. The first-order chi connectivity index (χ1) is 7.00. The Kier molecular flexibility index (Phi) is 4.54. The van der Waals surface area contributed by atoms with Crippen molar-refractivity contribution >= 4 is 5.91 Å². The number of ether oxygens (including phenoxy) is 1. The number of hydrogen-bond acceptors (Lipinski definition) is 3. The van der Waals surface area contributed by atoms with Gasteiger partial charge >= 0.3 is 0 Å². The number of hydrogen-bond donors (Lipinski definition) is 1. The number of nitrogens with one attached hydrogen (secondary N) is 1. The van der Waals surface area contributed by atoms with Gasteiger partial charge in [0.25, 0.3) is 5.91 Å². The Morgan fingerprint density at radius 3 is 2.60 bits per heavy atom. The molecule has 0 aromatic rings. The lowest BCUT2D eigenvalue weighted by molar-refractivity contribution is -0.139. The molecule has 0 aromatic heterocycles. The molecule has 0 saturated carbocycles. The summed E-state index contributed by atoms with van der Waals surface area (Å²) in [6, 6.07) is 0.652. The predicted molar refractivity (Wildman–Crippen MR) is 59.7 cm³/mol. The zero-order valence-corrected chi connectivity index (χ0v) is 10.1. The average Bonchev–Trinajstić information content (AvgIpc) is 2.17. The Morgan fingerprint density at radius 2 is 2.07 bits per heavy atom. The third-order valence-corrected chi connectivity index (χ3v) is 2.55. The highest BCUT2D eigenvalue weighted by atomic mass is 16.5. The highest BCUT2D eigenvalue weighted by Crippen LogP contribution is 2.08. The topological polar surface area (TPSA) is 41.6 Å². The molecule has 0 aliphatic carbocycles. The van der Waals surface area contributed by atoms with E-state index in [-0.39, 0.29) is 18.1 Å². The Balaban J connectivity index is 2.45. The van der Waals surface area contributed by atoms with Gasteiger partial charge in [0.05, 0.1) is 6.61 Å². The molecule has 4 heteroatoms. The van der Waals surface area contributed by atoms with Crippen LogP contribution in [0.25, 0.3) is 0 Å². The van der Waals surface area contributed by atoms with Crippen LogP contribution in [-0.2, 0) is 9.53 Å². The summed E-state index contributed by atoms with van der Waals surface area (Å²) < 4.78 is 5.47. The molecule has 1 aliphatic rings. The zero-order valence-electron chi connectivity index (χ0n) is 10.1. The lowest BCUT2D eigenvalue weighted by atomic mass is 10.2. The van der Waals surface area contributed by atoms with Gasteiger partial charge in [0.15, 0.2) is 0 Å². The maximum absolute atomic E-state index is 11.7. The van der Waals surface area contributed by atoms with E-state index in [1.165, 1.54) is 0 Å². The summed E-state index contributed by atoms with van der Waals surface area (Å²) in [5.74, 6) is 0.00958. The number of morpholine rings is 1. The Labute approximate surface area is 92.0 Å². The molecule has 1 heterocycles. The van der Waals surface area contributed by atoms with E-state index >= 15 is 0 Å². The first-order valence-corrected chi connectivity index (χ1v) is 5.66. The van der Waals surface area contributed by atoms with Gasteiger partial charge in [-0.05, 0) is 27.7 Å². The fourth-order valence-corrected chi connectivity index (χ4v) is 1.67. The van der Waals surface area contributed by atoms with Gasteiger partial charge in [-0.25, -0.2) is 0 Å². The minimum atomic E-state index is -0.302. The van der Waals surface area contributed by atoms with Crippen molar-refractivity contribution in [3.05, 3.63) is 0 Å². The summed E-state index contributed by atoms with van der Waals surface area (Å²) >= 11 is 0. The first-order valence-electron chi connectivity index (χ1n) is 5.66. The first kappa shape index (κ1) is 12.5. The molecular formula is C11H22N2O2. The second-order valence-corrected chi connectivity index (χ2v) is 4.61. The molecule has 4 nitrogen and oxygen atoms in total. The van der Waals surface area contributed by atoms with Crippen LogP contribution in [0.2, 0.25) is 0 Å². The van der Waals surface area contributed by atoms with E-state index in [4.69, 9.17) is 4.74 Å². The van der Waals surface area contributed by atoms with Gasteiger partial charge in [-0.3, -0.25) is 9.69 Å². The molecule has 1 fully saturated rings. The zero-order chi connectivity index (χ0) is 11.4. The van der Waals surface area contributed by atoms with E-state index in [0.29, 0.717) is 19.2 Å². The second kappa shape index (κ2) is 5.47. The van der Waals surface area contributed by atoms with Crippen molar-refractivity contribution in [1.82, 2.24) is 10.2 Å². The normalized spacial score (nSPS) is 23.5. The van der Waals surface area contributed by atoms with Crippen LogP contribution in [0.15, 0.2) is 0 Å². The maximum Gasteiger partial charge on any atom is 0.250 e. The van der Waals surface area contributed by atoms with E-state index < -0.39 is 0 Å². The van der Waals surface area contributed by atoms with Crippen molar-refractivity contribution in [3.8, 4) is 0 Å². The molecule has 1 atom stereocenters. The predicted octanol–water partition coefficient (Wildman–Crippen LogP) is 0.620. The lowest BCUT2D eigenvalue weighted by Crippen LogP contribution is -2.52. The summed E-state index contributed by atoms with van der Waals surface area (Å²) in [4.78, 5) is 14.0. The van der Waals surface area contributed by atoms with Crippen LogP contribution in [0.1, 0.15) is 27.7 Å². The molecular weight excluding hydrogens is 192 g/mol. The lowest BCUT2D eigenvalue weighted by Gasteiger charge is -2.34. The second-order valence-electron chi connectivity index (χ2n) is 4.61. The quantitative estimate of drug-likeness (QED) is 0.749. The van der Waals surface area contributed by atoms with Crippen LogP contribution in [0.3, 0.4) is 0 Å². The summed E-state index contributed by atoms with van der Waals surface area (Å²) in [6.07, 6.45) is -0.302. The van der Waals surface area contributed by atoms with Crippen molar-refractivity contribution in [1.29, 1.82) is 0 Å². The van der Waals surface area contributed by atoms with Crippen LogP contribution in [0.4, 0.5) is 0 Å². The van der Waals surface area contributed by atoms with Gasteiger partial charge < -0.3 is 10.1 Å². The molecule has 0 aromatic carbocycles. The molecule has 1 amide bonds. The number of amides is 1. The van der Waals surface area contributed by atoms with E-state index in [9.17, 15) is 4.79 Å². The van der Waals surface area contributed by atoms with Gasteiger partial charge in [-0.2, -0.15) is 0 Å². The molecule has 1 N–H and O–H groups in total. The standard InChI is InChI=1S/C11H22N2O2/c1-8(2)12-11(14)10-7-13(9(3)4)5-6-15-10/h8-10H,5-7H2,1-4H3,(H,12,14). The molecule has 0 spiro atoms. The highest BCUT2D eigenvalue weighted by molar-refractivity contribution is 5.81. The van der Waals surface area contributed by atoms with Crippen LogP contribution in [0.5, 0.6) is 0 Å². The molecule has 0 bridgehead atoms. The van der Waals surface area contributed by atoms with Crippen molar-refractivity contribution in [2.24, 2.45) is 0 Å². The largest absolute Gasteiger partial charge is 0.366 e. The van der Waals surface area contributed by atoms with Gasteiger partial charge in [0, 0.05) is 25.2 Å². The Bertz CT molecular complexity index is 217. The molecule has 1 unspecified atom stereocenters. The minimum absolute atomic E-state index is 0.00958. The van der Waals surface area contributed by atoms with Gasteiger partial charge in [-0.1, -0.05) is 0 Å². The van der Waals surface area contributed by atoms with Gasteiger partial charge in [-0.15, -0.1) is 0 Å². The highest BCUT2D eigenvalue weighted by Gasteiger charge is 2.27. The van der Waals surface area contributed by atoms with Gasteiger partial charge in [0.2, 0.25) is 0 Å². The van der Waals surface area contributed by atoms with Crippen molar-refractivity contribution in [2.45, 2.75) is 45.9 Å². The molecule has 1 rings (SSSR count). The third-order valence-electron chi connectivity index (χ3n) is 2.55. The fraction of sp³-hybridized carbons (Fsp3) is 0.909. The minimum Gasteiger partial charge on any atom is -0.366 e. The molecule has 1 aliphatic heterocycles. The van der Waals surface area contributed by atoms with E-state index in [1.807, 2.05) is 13.8 Å². The summed E-state index contributed by atoms with van der Waals surface area (Å²) in [6.45, 7) is 10.5. The van der Waals surface area contributed by atoms with Gasteiger partial charge in [0.1, 0.15) is 6.10 Å². The summed E-state index contributed by atoms with van der Waals surface area (Å²) in [5, 5.41) is 2.88. The van der Waals surface area contributed by atoms with Crippen LogP contribution in [-0.4, -0.2) is 48.7 Å². The van der Waals surface area contributed by atoms with Crippen LogP contribution < -0.4 is 5.32 Å². The van der Waals surface area contributed by atoms with E-state index in [1.54, 1.807) is 0 Å². The van der Waals surface area contributed by atoms with Crippen molar-refractivity contribution in [2.75, 3.05) is 19.7 Å². The smallest absolute Gasteiger partial charge is 0.250 e. The Hall–Kier alpha value is -0.610. The van der Waals surface area contributed by atoms with Crippen molar-refractivity contribution in [3.63, 3.8) is 0 Å². The van der Waals surface area contributed by atoms with Crippen LogP contribution >= 0.6 is 0 Å². The maximum atomic E-state index is 11.7. The third kappa shape index (κ3) is 3.80. The summed E-state index contributed by atoms with van der Waals surface area (Å²) in [5.41, 5.74) is 0. The fourth-order valence-electron chi connectivity index (χ4n) is 1.67. The molecule has 15 heavy (non-hydrogen) atoms. The molecule has 88 valence electrons. The Morgan fingerprint density at radius 1 is 1.40 bits per heavy atom. The number of rotatable bonds is 3. The van der Waals surface area contributed by atoms with Crippen molar-refractivity contribution < 1.29 is 9.53 Å². The average molecular weight is 214 g/mol. The molecule has 0 radical (unpaired) electrons. The molecule has 1 saturated heterocycles. The number of nitrogens with zero attached hydrogens (tertiary/aromatic N) is 1. The van der Waals surface area contributed by atoms with E-state index in [0.717, 1.165) is 6.54 Å². The van der Waals surface area contributed by atoms with E-state index in [2.05, 4.69) is 24.1 Å². The SMILES string of the molecule is CC(C)NC(=O)C1CN(C(C)C)CCO1. The number of carbonyl (C=O) groups is 1. The van der Waals surface area contributed by atoms with Crippen LogP contribution in [0, 0.1) is 0 Å².